The van der Waals surface area contributed by atoms with Gasteiger partial charge in [0.15, 0.2) is 0 Å². The molecular formula is C26H35ClN4O2. The van der Waals surface area contributed by atoms with E-state index in [4.69, 9.17) is 16.3 Å². The molecule has 0 atom stereocenters. The lowest BCUT2D eigenvalue weighted by Gasteiger charge is -2.38. The zero-order valence-electron chi connectivity index (χ0n) is 19.6. The number of benzene rings is 2. The maximum Gasteiger partial charge on any atom is 0.236 e. The van der Waals surface area contributed by atoms with Gasteiger partial charge in [0.25, 0.3) is 0 Å². The van der Waals surface area contributed by atoms with Crippen molar-refractivity contribution in [2.75, 3.05) is 72.6 Å². The fourth-order valence-corrected chi connectivity index (χ4v) is 4.88. The molecule has 6 nitrogen and oxygen atoms in total. The molecule has 4 rings (SSSR count). The van der Waals surface area contributed by atoms with E-state index in [1.165, 1.54) is 11.1 Å². The Morgan fingerprint density at radius 1 is 0.879 bits per heavy atom. The number of methoxy groups -OCH3 is 1. The first-order valence-corrected chi connectivity index (χ1v) is 12.3. The van der Waals surface area contributed by atoms with Crippen LogP contribution in [0.1, 0.15) is 11.1 Å². The summed E-state index contributed by atoms with van der Waals surface area (Å²) in [6, 6.07) is 16.3. The summed E-state index contributed by atoms with van der Waals surface area (Å²) >= 11 is 6.09. The van der Waals surface area contributed by atoms with Crippen LogP contribution in [0.15, 0.2) is 48.5 Å². The molecule has 0 bridgehead atoms. The smallest absolute Gasteiger partial charge is 0.236 e. The van der Waals surface area contributed by atoms with E-state index < -0.39 is 0 Å². The van der Waals surface area contributed by atoms with Gasteiger partial charge >= 0.3 is 0 Å². The van der Waals surface area contributed by atoms with Gasteiger partial charge in [-0.1, -0.05) is 41.9 Å². The molecule has 0 radical (unpaired) electrons. The monoisotopic (exact) mass is 470 g/mol. The fourth-order valence-electron chi connectivity index (χ4n) is 4.67. The fraction of sp³-hybridized carbons (Fsp3) is 0.500. The van der Waals surface area contributed by atoms with Crippen LogP contribution in [0, 0.1) is 0 Å². The molecule has 2 heterocycles. The van der Waals surface area contributed by atoms with Crippen LogP contribution in [0.5, 0.6) is 5.75 Å². The largest absolute Gasteiger partial charge is 0.496 e. The Labute approximate surface area is 202 Å². The predicted molar refractivity (Wildman–Crippen MR) is 133 cm³/mol. The van der Waals surface area contributed by atoms with Crippen molar-refractivity contribution in [3.8, 4) is 5.75 Å². The number of rotatable bonds is 8. The van der Waals surface area contributed by atoms with Crippen LogP contribution < -0.4 is 4.74 Å². The summed E-state index contributed by atoms with van der Waals surface area (Å²) in [5.41, 5.74) is 2.48. The molecule has 0 N–H and O–H groups in total. The first kappa shape index (κ1) is 24.0. The van der Waals surface area contributed by atoms with Crippen molar-refractivity contribution in [3.63, 3.8) is 0 Å². The lowest BCUT2D eigenvalue weighted by Crippen LogP contribution is -2.53. The Morgan fingerprint density at radius 3 is 2.30 bits per heavy atom. The average molecular weight is 471 g/mol. The number of hydrogen-bond donors (Lipinski definition) is 0. The summed E-state index contributed by atoms with van der Waals surface area (Å²) in [5.74, 6) is 1.20. The maximum atomic E-state index is 12.9. The van der Waals surface area contributed by atoms with E-state index in [1.807, 2.05) is 35.2 Å². The SMILES string of the molecule is COc1ccccc1CN1CCN(C(=O)CN2CCN(CCc3cccc(Cl)c3)CC2)CC1. The summed E-state index contributed by atoms with van der Waals surface area (Å²) in [5, 5.41) is 0.802. The second-order valence-electron chi connectivity index (χ2n) is 8.97. The minimum absolute atomic E-state index is 0.263. The number of ether oxygens (including phenoxy) is 1. The van der Waals surface area contributed by atoms with Gasteiger partial charge in [0.05, 0.1) is 13.7 Å². The van der Waals surface area contributed by atoms with Crippen LogP contribution in [0.25, 0.3) is 0 Å². The first-order chi connectivity index (χ1) is 16.1. The van der Waals surface area contributed by atoms with Crippen LogP contribution in [0.3, 0.4) is 0 Å². The molecular weight excluding hydrogens is 436 g/mol. The second-order valence-corrected chi connectivity index (χ2v) is 9.40. The highest BCUT2D eigenvalue weighted by molar-refractivity contribution is 6.30. The Kier molecular flexibility index (Phi) is 8.62. The zero-order valence-corrected chi connectivity index (χ0v) is 20.3. The Hall–Kier alpha value is -2.12. The molecule has 0 unspecified atom stereocenters. The molecule has 0 saturated carbocycles. The van der Waals surface area contributed by atoms with Gasteiger partial charge in [-0.05, 0) is 30.2 Å². The van der Waals surface area contributed by atoms with Gasteiger partial charge in [-0.15, -0.1) is 0 Å². The molecule has 2 aliphatic rings. The first-order valence-electron chi connectivity index (χ1n) is 11.9. The molecule has 2 aromatic rings. The molecule has 0 spiro atoms. The van der Waals surface area contributed by atoms with Crippen molar-refractivity contribution in [1.82, 2.24) is 19.6 Å². The maximum absolute atomic E-state index is 12.9. The van der Waals surface area contributed by atoms with Gasteiger partial charge in [-0.25, -0.2) is 0 Å². The van der Waals surface area contributed by atoms with E-state index in [-0.39, 0.29) is 5.91 Å². The van der Waals surface area contributed by atoms with E-state index in [0.29, 0.717) is 6.54 Å². The van der Waals surface area contributed by atoms with Crippen molar-refractivity contribution < 1.29 is 9.53 Å². The van der Waals surface area contributed by atoms with E-state index in [1.54, 1.807) is 7.11 Å². The van der Waals surface area contributed by atoms with Crippen LogP contribution in [-0.2, 0) is 17.8 Å². The zero-order chi connectivity index (χ0) is 23.0. The summed E-state index contributed by atoms with van der Waals surface area (Å²) in [7, 11) is 1.72. The lowest BCUT2D eigenvalue weighted by molar-refractivity contribution is -0.134. The van der Waals surface area contributed by atoms with E-state index in [2.05, 4.69) is 32.9 Å². The van der Waals surface area contributed by atoms with Gasteiger partial charge in [-0.2, -0.15) is 0 Å². The normalized spacial score (nSPS) is 18.4. The molecule has 2 saturated heterocycles. The van der Waals surface area contributed by atoms with E-state index in [0.717, 1.165) is 82.6 Å². The van der Waals surface area contributed by atoms with Crippen molar-refractivity contribution in [2.24, 2.45) is 0 Å². The highest BCUT2D eigenvalue weighted by atomic mass is 35.5. The van der Waals surface area contributed by atoms with Crippen LogP contribution in [0.4, 0.5) is 0 Å². The molecule has 178 valence electrons. The third-order valence-electron chi connectivity index (χ3n) is 6.74. The summed E-state index contributed by atoms with van der Waals surface area (Å²) < 4.78 is 5.48. The highest BCUT2D eigenvalue weighted by Crippen LogP contribution is 2.20. The molecule has 2 aliphatic heterocycles. The van der Waals surface area contributed by atoms with E-state index in [9.17, 15) is 4.79 Å². The number of nitrogens with zero attached hydrogens (tertiary/aromatic N) is 4. The highest BCUT2D eigenvalue weighted by Gasteiger charge is 2.25. The van der Waals surface area contributed by atoms with Gasteiger partial charge < -0.3 is 14.5 Å². The molecule has 7 heteroatoms. The molecule has 2 aromatic carbocycles. The summed E-state index contributed by atoms with van der Waals surface area (Å²) in [6.45, 7) is 9.78. The standard InChI is InChI=1S/C26H35ClN4O2/c1-33-25-8-3-2-6-23(25)20-29-15-17-31(18-16-29)26(32)21-30-13-11-28(12-14-30)10-9-22-5-4-7-24(27)19-22/h2-8,19H,9-18,20-21H2,1H3. The third kappa shape index (κ3) is 6.93. The van der Waals surface area contributed by atoms with Crippen molar-refractivity contribution in [3.05, 3.63) is 64.7 Å². The van der Waals surface area contributed by atoms with Crippen molar-refractivity contribution in [2.45, 2.75) is 13.0 Å². The minimum Gasteiger partial charge on any atom is -0.496 e. The molecule has 2 fully saturated rings. The number of carbonyl (C=O) groups excluding carboxylic acids is 1. The van der Waals surface area contributed by atoms with Crippen LogP contribution >= 0.6 is 11.6 Å². The molecule has 0 aromatic heterocycles. The van der Waals surface area contributed by atoms with Gasteiger partial charge in [0.2, 0.25) is 5.91 Å². The van der Waals surface area contributed by atoms with E-state index >= 15 is 0 Å². The van der Waals surface area contributed by atoms with Crippen molar-refractivity contribution >= 4 is 17.5 Å². The Morgan fingerprint density at radius 2 is 1.58 bits per heavy atom. The number of piperazine rings is 2. The van der Waals surface area contributed by atoms with Crippen molar-refractivity contribution in [1.29, 1.82) is 0 Å². The summed E-state index contributed by atoms with van der Waals surface area (Å²) in [6.07, 6.45) is 1.01. The lowest BCUT2D eigenvalue weighted by atomic mass is 10.1. The van der Waals surface area contributed by atoms with Crippen LogP contribution in [-0.4, -0.2) is 98.1 Å². The number of hydrogen-bond acceptors (Lipinski definition) is 5. The average Bonchev–Trinajstić information content (AvgIpc) is 2.84. The number of para-hydroxylation sites is 1. The van der Waals surface area contributed by atoms with Gasteiger partial charge in [-0.3, -0.25) is 14.6 Å². The number of carbonyl (C=O) groups is 1. The van der Waals surface area contributed by atoms with Gasteiger partial charge in [0.1, 0.15) is 5.75 Å². The number of halogens is 1. The Bertz CT molecular complexity index is 909. The summed E-state index contributed by atoms with van der Waals surface area (Å²) in [4.78, 5) is 22.1. The number of amides is 1. The molecule has 1 amide bonds. The van der Waals surface area contributed by atoms with Crippen LogP contribution in [0.2, 0.25) is 5.02 Å². The Balaban J connectivity index is 1.15. The molecule has 0 aliphatic carbocycles. The second kappa shape index (κ2) is 11.8. The molecule has 33 heavy (non-hydrogen) atoms. The van der Waals surface area contributed by atoms with Gasteiger partial charge in [0, 0.05) is 76.0 Å². The third-order valence-corrected chi connectivity index (χ3v) is 6.98. The predicted octanol–water partition coefficient (Wildman–Crippen LogP) is 2.85. The quantitative estimate of drug-likeness (QED) is 0.593. The minimum atomic E-state index is 0.263. The topological polar surface area (TPSA) is 39.3 Å².